The molecule has 20 heavy (non-hydrogen) atoms. The number of aryl methyl sites for hydroxylation is 1. The lowest BCUT2D eigenvalue weighted by molar-refractivity contribution is -0.122. The number of carbonyl (C=O) groups excluding carboxylic acids is 1. The van der Waals surface area contributed by atoms with Crippen molar-refractivity contribution < 1.29 is 4.79 Å². The smallest absolute Gasteiger partial charge is 0.224 e. The number of aromatic nitrogens is 1. The molecule has 0 bridgehead atoms. The molecule has 116 valence electrons. The van der Waals surface area contributed by atoms with Gasteiger partial charge >= 0.3 is 0 Å². The first kappa shape index (κ1) is 21.5. The number of nitrogens with one attached hydrogen (secondary N) is 1. The van der Waals surface area contributed by atoms with Gasteiger partial charge in [0, 0.05) is 18.4 Å². The van der Waals surface area contributed by atoms with E-state index in [1.165, 1.54) is 0 Å². The van der Waals surface area contributed by atoms with Gasteiger partial charge in [0.1, 0.15) is 0 Å². The van der Waals surface area contributed by atoms with E-state index < -0.39 is 0 Å². The average Bonchev–Trinajstić information content (AvgIpc) is 2.31. The molecule has 0 saturated heterocycles. The van der Waals surface area contributed by atoms with E-state index in [-0.39, 0.29) is 36.3 Å². The lowest BCUT2D eigenvalue weighted by atomic mass is 9.88. The number of hydrogen-bond acceptors (Lipinski definition) is 3. The van der Waals surface area contributed by atoms with Crippen LogP contribution >= 0.6 is 24.8 Å². The van der Waals surface area contributed by atoms with Crippen LogP contribution in [0.15, 0.2) is 18.3 Å². The first-order valence-electron chi connectivity index (χ1n) is 6.30. The summed E-state index contributed by atoms with van der Waals surface area (Å²) in [5.74, 6) is 0.282. The molecule has 1 heterocycles. The second kappa shape index (κ2) is 9.16. The number of hydrogen-bond donors (Lipinski definition) is 2. The Labute approximate surface area is 133 Å². The zero-order chi connectivity index (χ0) is 13.8. The summed E-state index contributed by atoms with van der Waals surface area (Å²) in [7, 11) is 0. The number of nitrogens with zero attached hydrogens (tertiary/aromatic N) is 1. The predicted octanol–water partition coefficient (Wildman–Crippen LogP) is 2.27. The predicted molar refractivity (Wildman–Crippen MR) is 87.6 cm³/mol. The van der Waals surface area contributed by atoms with E-state index in [4.69, 9.17) is 5.73 Å². The van der Waals surface area contributed by atoms with E-state index in [2.05, 4.69) is 24.1 Å². The molecule has 1 atom stereocenters. The topological polar surface area (TPSA) is 68.0 Å². The van der Waals surface area contributed by atoms with Crippen molar-refractivity contribution >= 4 is 30.7 Å². The Balaban J connectivity index is 0. The highest BCUT2D eigenvalue weighted by Crippen LogP contribution is 2.15. The lowest BCUT2D eigenvalue weighted by Crippen LogP contribution is -2.55. The Morgan fingerprint density at radius 2 is 2.00 bits per heavy atom. The Hall–Kier alpha value is -0.840. The first-order chi connectivity index (χ1) is 8.37. The largest absolute Gasteiger partial charge is 0.349 e. The first-order valence-corrected chi connectivity index (χ1v) is 6.30. The number of halogens is 2. The van der Waals surface area contributed by atoms with Gasteiger partial charge in [-0.05, 0) is 31.4 Å². The molecule has 1 aromatic heterocycles. The summed E-state index contributed by atoms with van der Waals surface area (Å²) in [6.45, 7) is 8.45. The molecule has 0 fully saturated rings. The highest BCUT2D eigenvalue weighted by Gasteiger charge is 2.28. The zero-order valence-corrected chi connectivity index (χ0v) is 14.1. The monoisotopic (exact) mass is 321 g/mol. The molecule has 0 radical (unpaired) electrons. The molecule has 0 aliphatic heterocycles. The molecule has 0 spiro atoms. The lowest BCUT2D eigenvalue weighted by Gasteiger charge is -2.33. The van der Waals surface area contributed by atoms with Gasteiger partial charge in [0.25, 0.3) is 0 Å². The van der Waals surface area contributed by atoms with Gasteiger partial charge in [-0.25, -0.2) is 0 Å². The fourth-order valence-corrected chi connectivity index (χ4v) is 1.58. The summed E-state index contributed by atoms with van der Waals surface area (Å²) in [4.78, 5) is 16.2. The van der Waals surface area contributed by atoms with Gasteiger partial charge in [0.2, 0.25) is 5.91 Å². The maximum Gasteiger partial charge on any atom is 0.224 e. The van der Waals surface area contributed by atoms with Crippen molar-refractivity contribution in [2.24, 2.45) is 11.7 Å². The second-order valence-electron chi connectivity index (χ2n) is 5.31. The third kappa shape index (κ3) is 6.07. The number of pyridine rings is 1. The molecule has 3 N–H and O–H groups in total. The molecule has 1 rings (SSSR count). The van der Waals surface area contributed by atoms with Crippen molar-refractivity contribution in [2.45, 2.75) is 39.7 Å². The van der Waals surface area contributed by atoms with Gasteiger partial charge in [-0.1, -0.05) is 19.9 Å². The van der Waals surface area contributed by atoms with Crippen molar-refractivity contribution in [2.75, 3.05) is 6.54 Å². The fraction of sp³-hybridized carbons (Fsp3) is 0.571. The molecule has 0 aliphatic rings. The van der Waals surface area contributed by atoms with Crippen LogP contribution in [0.5, 0.6) is 0 Å². The van der Waals surface area contributed by atoms with Crippen molar-refractivity contribution in [1.29, 1.82) is 0 Å². The summed E-state index contributed by atoms with van der Waals surface area (Å²) in [5, 5.41) is 3.01. The summed E-state index contributed by atoms with van der Waals surface area (Å²) >= 11 is 0. The van der Waals surface area contributed by atoms with Crippen molar-refractivity contribution in [3.63, 3.8) is 0 Å². The Morgan fingerprint density at radius 3 is 2.40 bits per heavy atom. The number of amides is 1. The van der Waals surface area contributed by atoms with Gasteiger partial charge in [0.05, 0.1) is 12.0 Å². The van der Waals surface area contributed by atoms with E-state index in [0.717, 1.165) is 11.3 Å². The standard InChI is InChI=1S/C14H23N3O.2ClH/c1-10(2)14(4,9-15)17-13(18)7-12-6-5-11(3)16-8-12;;/h5-6,8,10H,7,9,15H2,1-4H3,(H,17,18);2*1H. The van der Waals surface area contributed by atoms with Gasteiger partial charge in [-0.2, -0.15) is 0 Å². The van der Waals surface area contributed by atoms with Crippen molar-refractivity contribution in [1.82, 2.24) is 10.3 Å². The van der Waals surface area contributed by atoms with Crippen LogP contribution in [0.3, 0.4) is 0 Å². The van der Waals surface area contributed by atoms with Crippen LogP contribution < -0.4 is 11.1 Å². The Morgan fingerprint density at radius 1 is 1.40 bits per heavy atom. The van der Waals surface area contributed by atoms with Gasteiger partial charge in [-0.15, -0.1) is 24.8 Å². The average molecular weight is 322 g/mol. The SMILES string of the molecule is Cc1ccc(CC(=O)NC(C)(CN)C(C)C)cn1.Cl.Cl. The van der Waals surface area contributed by atoms with Crippen LogP contribution in [-0.4, -0.2) is 23.0 Å². The molecular weight excluding hydrogens is 297 g/mol. The Kier molecular flexibility index (Phi) is 9.83. The molecular formula is C14H25Cl2N3O. The van der Waals surface area contributed by atoms with E-state index in [1.54, 1.807) is 6.20 Å². The summed E-state index contributed by atoms with van der Waals surface area (Å²) in [5.41, 5.74) is 7.26. The van der Waals surface area contributed by atoms with E-state index >= 15 is 0 Å². The van der Waals surface area contributed by atoms with Crippen LogP contribution in [0.1, 0.15) is 32.0 Å². The zero-order valence-electron chi connectivity index (χ0n) is 12.5. The normalized spacial score (nSPS) is 12.9. The van der Waals surface area contributed by atoms with Gasteiger partial charge in [0.15, 0.2) is 0 Å². The number of nitrogens with two attached hydrogens (primary N) is 1. The third-order valence-corrected chi connectivity index (χ3v) is 3.46. The van der Waals surface area contributed by atoms with Gasteiger partial charge < -0.3 is 11.1 Å². The number of carbonyl (C=O) groups is 1. The van der Waals surface area contributed by atoms with Crippen LogP contribution in [0.25, 0.3) is 0 Å². The van der Waals surface area contributed by atoms with Crippen molar-refractivity contribution in [3.8, 4) is 0 Å². The highest BCUT2D eigenvalue weighted by molar-refractivity contribution is 5.85. The Bertz CT molecular complexity index is 409. The molecule has 1 aromatic rings. The molecule has 1 unspecified atom stereocenters. The molecule has 0 aliphatic carbocycles. The third-order valence-electron chi connectivity index (χ3n) is 3.46. The fourth-order valence-electron chi connectivity index (χ4n) is 1.58. The minimum absolute atomic E-state index is 0. The summed E-state index contributed by atoms with van der Waals surface area (Å²) in [6.07, 6.45) is 2.08. The highest BCUT2D eigenvalue weighted by atomic mass is 35.5. The van der Waals surface area contributed by atoms with Crippen LogP contribution in [0.2, 0.25) is 0 Å². The molecule has 6 heteroatoms. The molecule has 0 aromatic carbocycles. The van der Waals surface area contributed by atoms with E-state index in [9.17, 15) is 4.79 Å². The van der Waals surface area contributed by atoms with Crippen LogP contribution in [0.4, 0.5) is 0 Å². The molecule has 4 nitrogen and oxygen atoms in total. The quantitative estimate of drug-likeness (QED) is 0.874. The van der Waals surface area contributed by atoms with Crippen LogP contribution in [-0.2, 0) is 11.2 Å². The van der Waals surface area contributed by atoms with E-state index in [0.29, 0.717) is 18.9 Å². The maximum absolute atomic E-state index is 12.0. The minimum Gasteiger partial charge on any atom is -0.349 e. The summed E-state index contributed by atoms with van der Waals surface area (Å²) < 4.78 is 0. The molecule has 0 saturated carbocycles. The minimum atomic E-state index is -0.352. The number of rotatable bonds is 5. The maximum atomic E-state index is 12.0. The molecule has 1 amide bonds. The van der Waals surface area contributed by atoms with E-state index in [1.807, 2.05) is 26.0 Å². The van der Waals surface area contributed by atoms with Crippen molar-refractivity contribution in [3.05, 3.63) is 29.6 Å². The van der Waals surface area contributed by atoms with Crippen LogP contribution in [0, 0.1) is 12.8 Å². The summed E-state index contributed by atoms with van der Waals surface area (Å²) in [6, 6.07) is 3.84. The second-order valence-corrected chi connectivity index (χ2v) is 5.31. The van der Waals surface area contributed by atoms with Gasteiger partial charge in [-0.3, -0.25) is 9.78 Å².